The molecule has 4 N–H and O–H groups in total. The van der Waals surface area contributed by atoms with Gasteiger partial charge in [0.1, 0.15) is 5.75 Å². The molecule has 0 fully saturated rings. The number of hydrogen-bond donors (Lipinski definition) is 2. The molecule has 2 rings (SSSR count). The average Bonchev–Trinajstić information content (AvgIpc) is 2.43. The topological polar surface area (TPSA) is 78.3 Å². The third-order valence-corrected chi connectivity index (χ3v) is 3.20. The van der Waals surface area contributed by atoms with Crippen LogP contribution in [0, 0.1) is 0 Å². The quantitative estimate of drug-likeness (QED) is 0.862. The molecule has 4 heteroatoms. The maximum absolute atomic E-state index is 10.8. The summed E-state index contributed by atoms with van der Waals surface area (Å²) in [5.74, 6) is 0.513. The van der Waals surface area contributed by atoms with E-state index in [1.54, 1.807) is 7.11 Å². The SMILES string of the molecule is COc1ccc2cc(C(N)CCC(N)=O)ccc2c1. The molecule has 0 saturated carbocycles. The van der Waals surface area contributed by atoms with Crippen LogP contribution in [0.5, 0.6) is 5.75 Å². The number of carbonyl (C=O) groups excluding carboxylic acids is 1. The number of amides is 1. The highest BCUT2D eigenvalue weighted by molar-refractivity contribution is 5.84. The van der Waals surface area contributed by atoms with E-state index in [1.165, 1.54) is 0 Å². The van der Waals surface area contributed by atoms with Gasteiger partial charge in [-0.2, -0.15) is 0 Å². The average molecular weight is 258 g/mol. The molecule has 19 heavy (non-hydrogen) atoms. The molecule has 1 unspecified atom stereocenters. The lowest BCUT2D eigenvalue weighted by Gasteiger charge is -2.12. The zero-order valence-corrected chi connectivity index (χ0v) is 10.9. The zero-order valence-electron chi connectivity index (χ0n) is 10.9. The van der Waals surface area contributed by atoms with E-state index in [4.69, 9.17) is 16.2 Å². The van der Waals surface area contributed by atoms with Crippen molar-refractivity contribution in [2.24, 2.45) is 11.5 Å². The largest absolute Gasteiger partial charge is 0.497 e. The second-order valence-electron chi connectivity index (χ2n) is 4.58. The predicted octanol–water partition coefficient (Wildman–Crippen LogP) is 2.11. The summed E-state index contributed by atoms with van der Waals surface area (Å²) in [4.78, 5) is 10.8. The molecule has 2 aromatic rings. The summed E-state index contributed by atoms with van der Waals surface area (Å²) in [6.07, 6.45) is 0.874. The molecule has 1 atom stereocenters. The van der Waals surface area contributed by atoms with Crippen molar-refractivity contribution in [3.63, 3.8) is 0 Å². The predicted molar refractivity (Wildman–Crippen MR) is 75.9 cm³/mol. The third kappa shape index (κ3) is 3.23. The van der Waals surface area contributed by atoms with Crippen molar-refractivity contribution in [3.8, 4) is 5.75 Å². The zero-order chi connectivity index (χ0) is 13.8. The highest BCUT2D eigenvalue weighted by Gasteiger charge is 2.08. The lowest BCUT2D eigenvalue weighted by Crippen LogP contribution is -2.16. The van der Waals surface area contributed by atoms with Gasteiger partial charge in [-0.05, 0) is 41.0 Å². The van der Waals surface area contributed by atoms with Crippen LogP contribution in [0.4, 0.5) is 0 Å². The molecular weight excluding hydrogens is 240 g/mol. The number of rotatable bonds is 5. The van der Waals surface area contributed by atoms with E-state index >= 15 is 0 Å². The van der Waals surface area contributed by atoms with E-state index in [0.29, 0.717) is 12.8 Å². The molecule has 0 heterocycles. The van der Waals surface area contributed by atoms with Gasteiger partial charge in [0.2, 0.25) is 5.91 Å². The van der Waals surface area contributed by atoms with E-state index in [9.17, 15) is 4.79 Å². The normalized spacial score (nSPS) is 12.3. The Bertz CT molecular complexity index is 596. The molecule has 0 bridgehead atoms. The summed E-state index contributed by atoms with van der Waals surface area (Å²) in [6.45, 7) is 0. The van der Waals surface area contributed by atoms with Crippen molar-refractivity contribution < 1.29 is 9.53 Å². The van der Waals surface area contributed by atoms with E-state index in [-0.39, 0.29) is 11.9 Å². The standard InChI is InChI=1S/C15H18N2O2/c1-19-13-5-4-10-8-12(3-2-11(10)9-13)14(16)6-7-15(17)18/h2-5,8-9,14H,6-7,16H2,1H3,(H2,17,18). The van der Waals surface area contributed by atoms with Gasteiger partial charge in [0.05, 0.1) is 7.11 Å². The number of primary amides is 1. The summed E-state index contributed by atoms with van der Waals surface area (Å²) in [5.41, 5.74) is 12.2. The number of nitrogens with two attached hydrogens (primary N) is 2. The fourth-order valence-electron chi connectivity index (χ4n) is 2.06. The Labute approximate surface area is 112 Å². The lowest BCUT2D eigenvalue weighted by molar-refractivity contribution is -0.118. The Morgan fingerprint density at radius 1 is 1.21 bits per heavy atom. The summed E-state index contributed by atoms with van der Waals surface area (Å²) in [5, 5.41) is 2.21. The second kappa shape index (κ2) is 5.71. The summed E-state index contributed by atoms with van der Waals surface area (Å²) in [6, 6.07) is 11.8. The first kappa shape index (κ1) is 13.4. The molecule has 1 amide bonds. The van der Waals surface area contributed by atoms with Crippen LogP contribution in [-0.4, -0.2) is 13.0 Å². The monoisotopic (exact) mass is 258 g/mol. The van der Waals surface area contributed by atoms with Crippen LogP contribution in [0.1, 0.15) is 24.4 Å². The molecule has 0 radical (unpaired) electrons. The Morgan fingerprint density at radius 2 is 1.89 bits per heavy atom. The number of hydrogen-bond acceptors (Lipinski definition) is 3. The Morgan fingerprint density at radius 3 is 2.58 bits per heavy atom. The highest BCUT2D eigenvalue weighted by Crippen LogP contribution is 2.25. The molecule has 0 aliphatic rings. The van der Waals surface area contributed by atoms with Crippen LogP contribution >= 0.6 is 0 Å². The van der Waals surface area contributed by atoms with Crippen molar-refractivity contribution in [3.05, 3.63) is 42.0 Å². The fourth-order valence-corrected chi connectivity index (χ4v) is 2.06. The van der Waals surface area contributed by atoms with Crippen LogP contribution < -0.4 is 16.2 Å². The number of carbonyl (C=O) groups is 1. The molecule has 4 nitrogen and oxygen atoms in total. The van der Waals surface area contributed by atoms with Crippen molar-refractivity contribution in [2.75, 3.05) is 7.11 Å². The molecule has 2 aromatic carbocycles. The van der Waals surface area contributed by atoms with Crippen LogP contribution in [0.3, 0.4) is 0 Å². The molecule has 0 aromatic heterocycles. The van der Waals surface area contributed by atoms with Gasteiger partial charge in [-0.3, -0.25) is 4.79 Å². The van der Waals surface area contributed by atoms with Gasteiger partial charge in [-0.25, -0.2) is 0 Å². The lowest BCUT2D eigenvalue weighted by atomic mass is 9.99. The van der Waals surface area contributed by atoms with Gasteiger partial charge in [0.15, 0.2) is 0 Å². The van der Waals surface area contributed by atoms with E-state index in [1.807, 2.05) is 36.4 Å². The number of ether oxygens (including phenoxy) is 1. The number of methoxy groups -OCH3 is 1. The van der Waals surface area contributed by atoms with E-state index < -0.39 is 0 Å². The van der Waals surface area contributed by atoms with E-state index in [0.717, 1.165) is 22.1 Å². The van der Waals surface area contributed by atoms with Crippen molar-refractivity contribution in [1.29, 1.82) is 0 Å². The highest BCUT2D eigenvalue weighted by atomic mass is 16.5. The molecule has 100 valence electrons. The van der Waals surface area contributed by atoms with Gasteiger partial charge in [0.25, 0.3) is 0 Å². The van der Waals surface area contributed by atoms with Gasteiger partial charge in [-0.15, -0.1) is 0 Å². The van der Waals surface area contributed by atoms with Crippen LogP contribution in [0.15, 0.2) is 36.4 Å². The Balaban J connectivity index is 2.23. The summed E-state index contributed by atoms with van der Waals surface area (Å²) in [7, 11) is 1.65. The van der Waals surface area contributed by atoms with Crippen LogP contribution in [0.25, 0.3) is 10.8 Å². The minimum atomic E-state index is -0.319. The van der Waals surface area contributed by atoms with Crippen LogP contribution in [0.2, 0.25) is 0 Å². The van der Waals surface area contributed by atoms with Crippen molar-refractivity contribution in [2.45, 2.75) is 18.9 Å². The second-order valence-corrected chi connectivity index (χ2v) is 4.58. The van der Waals surface area contributed by atoms with Crippen molar-refractivity contribution in [1.82, 2.24) is 0 Å². The molecular formula is C15H18N2O2. The first-order valence-electron chi connectivity index (χ1n) is 6.22. The van der Waals surface area contributed by atoms with E-state index in [2.05, 4.69) is 0 Å². The first-order chi connectivity index (χ1) is 9.10. The Kier molecular flexibility index (Phi) is 4.02. The molecule has 0 saturated heterocycles. The molecule has 0 aliphatic heterocycles. The smallest absolute Gasteiger partial charge is 0.217 e. The van der Waals surface area contributed by atoms with Gasteiger partial charge in [-0.1, -0.05) is 18.2 Å². The van der Waals surface area contributed by atoms with Gasteiger partial charge in [0, 0.05) is 12.5 Å². The number of benzene rings is 2. The van der Waals surface area contributed by atoms with Gasteiger partial charge >= 0.3 is 0 Å². The minimum Gasteiger partial charge on any atom is -0.497 e. The summed E-state index contributed by atoms with van der Waals surface area (Å²) < 4.78 is 5.19. The third-order valence-electron chi connectivity index (χ3n) is 3.20. The van der Waals surface area contributed by atoms with Crippen molar-refractivity contribution >= 4 is 16.7 Å². The molecule has 0 aliphatic carbocycles. The summed E-state index contributed by atoms with van der Waals surface area (Å²) >= 11 is 0. The maximum Gasteiger partial charge on any atom is 0.217 e. The first-order valence-corrected chi connectivity index (χ1v) is 6.22. The maximum atomic E-state index is 10.8. The molecule has 0 spiro atoms. The van der Waals surface area contributed by atoms with Crippen LogP contribution in [-0.2, 0) is 4.79 Å². The fraction of sp³-hybridized carbons (Fsp3) is 0.267. The minimum absolute atomic E-state index is 0.168. The number of fused-ring (bicyclic) bond motifs is 1. The Hall–Kier alpha value is -2.07. The van der Waals surface area contributed by atoms with Gasteiger partial charge < -0.3 is 16.2 Å².